The van der Waals surface area contributed by atoms with Crippen molar-refractivity contribution in [1.82, 2.24) is 5.32 Å². The third kappa shape index (κ3) is 5.08. The second-order valence-corrected chi connectivity index (χ2v) is 7.65. The van der Waals surface area contributed by atoms with Crippen LogP contribution in [0.15, 0.2) is 22.7 Å². The van der Waals surface area contributed by atoms with E-state index >= 15 is 0 Å². The van der Waals surface area contributed by atoms with Crippen LogP contribution in [0.25, 0.3) is 0 Å². The van der Waals surface area contributed by atoms with Crippen LogP contribution < -0.4 is 5.32 Å². The number of nitrogens with one attached hydrogen (secondary N) is 1. The summed E-state index contributed by atoms with van der Waals surface area (Å²) in [5, 5.41) is 3.33. The average molecular weight is 334 g/mol. The average Bonchev–Trinajstić information content (AvgIpc) is 2.27. The normalized spacial score (nSPS) is 13.6. The second kappa shape index (κ2) is 6.68. The van der Waals surface area contributed by atoms with E-state index in [2.05, 4.69) is 33.4 Å². The van der Waals surface area contributed by atoms with Crippen LogP contribution in [0.1, 0.15) is 30.5 Å². The Morgan fingerprint density at radius 1 is 1.39 bits per heavy atom. The van der Waals surface area contributed by atoms with Crippen molar-refractivity contribution in [3.63, 3.8) is 0 Å². The standard InChI is InChI=1S/C13H20BrNO2S/c1-4-15-13(7-8-18(3,16)17)11-6-5-10(2)12(14)9-11/h5-6,9,13,15H,4,7-8H2,1-3H3. The fourth-order valence-corrected chi connectivity index (χ4v) is 2.85. The summed E-state index contributed by atoms with van der Waals surface area (Å²) < 4.78 is 23.6. The Labute approximate surface area is 118 Å². The Morgan fingerprint density at radius 3 is 2.56 bits per heavy atom. The summed E-state index contributed by atoms with van der Waals surface area (Å²) in [7, 11) is -2.92. The number of aryl methyl sites for hydroxylation is 1. The van der Waals surface area contributed by atoms with Crippen LogP contribution in [0.3, 0.4) is 0 Å². The van der Waals surface area contributed by atoms with E-state index in [1.807, 2.05) is 19.9 Å². The Balaban J connectivity index is 2.86. The fourth-order valence-electron chi connectivity index (χ4n) is 1.79. The lowest BCUT2D eigenvalue weighted by molar-refractivity contribution is 0.529. The molecule has 0 amide bonds. The molecular weight excluding hydrogens is 314 g/mol. The van der Waals surface area contributed by atoms with Gasteiger partial charge in [-0.05, 0) is 37.1 Å². The smallest absolute Gasteiger partial charge is 0.147 e. The largest absolute Gasteiger partial charge is 0.310 e. The molecule has 0 aliphatic carbocycles. The summed E-state index contributed by atoms with van der Waals surface area (Å²) in [6, 6.07) is 6.24. The number of sulfone groups is 1. The molecule has 0 spiro atoms. The number of benzene rings is 1. The molecule has 1 N–H and O–H groups in total. The summed E-state index contributed by atoms with van der Waals surface area (Å²) in [5.41, 5.74) is 2.30. The van der Waals surface area contributed by atoms with Crippen molar-refractivity contribution in [3.05, 3.63) is 33.8 Å². The molecule has 0 saturated heterocycles. The fraction of sp³-hybridized carbons (Fsp3) is 0.538. The second-order valence-electron chi connectivity index (χ2n) is 4.54. The van der Waals surface area contributed by atoms with Crippen LogP contribution >= 0.6 is 15.9 Å². The molecule has 0 bridgehead atoms. The first-order valence-electron chi connectivity index (χ1n) is 6.00. The first-order valence-corrected chi connectivity index (χ1v) is 8.86. The molecule has 1 aromatic rings. The summed E-state index contributed by atoms with van der Waals surface area (Å²) in [4.78, 5) is 0. The van der Waals surface area contributed by atoms with Gasteiger partial charge in [0, 0.05) is 16.8 Å². The third-order valence-corrected chi connectivity index (χ3v) is 4.66. The van der Waals surface area contributed by atoms with Crippen molar-refractivity contribution in [2.75, 3.05) is 18.6 Å². The van der Waals surface area contributed by atoms with Gasteiger partial charge >= 0.3 is 0 Å². The minimum Gasteiger partial charge on any atom is -0.310 e. The van der Waals surface area contributed by atoms with Crippen LogP contribution in [0.4, 0.5) is 0 Å². The van der Waals surface area contributed by atoms with Gasteiger partial charge in [-0.1, -0.05) is 35.0 Å². The zero-order valence-corrected chi connectivity index (χ0v) is 13.4. The summed E-state index contributed by atoms with van der Waals surface area (Å²) in [6.07, 6.45) is 1.88. The van der Waals surface area contributed by atoms with Gasteiger partial charge in [-0.25, -0.2) is 8.42 Å². The molecule has 0 fully saturated rings. The zero-order valence-electron chi connectivity index (χ0n) is 11.0. The maximum Gasteiger partial charge on any atom is 0.147 e. The van der Waals surface area contributed by atoms with Gasteiger partial charge in [-0.15, -0.1) is 0 Å². The first kappa shape index (κ1) is 15.7. The first-order chi connectivity index (χ1) is 8.33. The van der Waals surface area contributed by atoms with E-state index in [4.69, 9.17) is 0 Å². The van der Waals surface area contributed by atoms with Crippen LogP contribution in [0.5, 0.6) is 0 Å². The van der Waals surface area contributed by atoms with Crippen molar-refractivity contribution in [2.24, 2.45) is 0 Å². The Morgan fingerprint density at radius 2 is 2.06 bits per heavy atom. The number of hydrogen-bond acceptors (Lipinski definition) is 3. The van der Waals surface area contributed by atoms with Gasteiger partial charge in [0.1, 0.15) is 9.84 Å². The van der Waals surface area contributed by atoms with E-state index in [1.165, 1.54) is 11.8 Å². The zero-order chi connectivity index (χ0) is 13.8. The molecule has 102 valence electrons. The maximum absolute atomic E-state index is 11.3. The number of hydrogen-bond donors (Lipinski definition) is 1. The van der Waals surface area contributed by atoms with E-state index in [0.29, 0.717) is 6.42 Å². The Bertz CT molecular complexity index is 500. The van der Waals surface area contributed by atoms with Gasteiger partial charge in [-0.3, -0.25) is 0 Å². The van der Waals surface area contributed by atoms with Gasteiger partial charge in [-0.2, -0.15) is 0 Å². The molecule has 5 heteroatoms. The molecule has 0 radical (unpaired) electrons. The van der Waals surface area contributed by atoms with Crippen molar-refractivity contribution in [1.29, 1.82) is 0 Å². The predicted octanol–water partition coefficient (Wildman–Crippen LogP) is 2.84. The Hall–Kier alpha value is -0.390. The lowest BCUT2D eigenvalue weighted by atomic mass is 10.0. The molecule has 0 heterocycles. The minimum atomic E-state index is -2.92. The summed E-state index contributed by atoms with van der Waals surface area (Å²) in [6.45, 7) is 4.88. The molecule has 0 aliphatic rings. The Kier molecular flexibility index (Phi) is 5.82. The highest BCUT2D eigenvalue weighted by atomic mass is 79.9. The molecule has 0 aromatic heterocycles. The molecule has 18 heavy (non-hydrogen) atoms. The molecule has 1 rings (SSSR count). The third-order valence-electron chi connectivity index (χ3n) is 2.83. The molecule has 1 unspecified atom stereocenters. The van der Waals surface area contributed by atoms with Gasteiger partial charge in [0.15, 0.2) is 0 Å². The topological polar surface area (TPSA) is 46.2 Å². The number of halogens is 1. The van der Waals surface area contributed by atoms with E-state index < -0.39 is 9.84 Å². The molecule has 1 aromatic carbocycles. The van der Waals surface area contributed by atoms with Crippen LogP contribution in [0.2, 0.25) is 0 Å². The van der Waals surface area contributed by atoms with Crippen molar-refractivity contribution < 1.29 is 8.42 Å². The lowest BCUT2D eigenvalue weighted by Gasteiger charge is -2.18. The predicted molar refractivity (Wildman–Crippen MR) is 79.6 cm³/mol. The van der Waals surface area contributed by atoms with Crippen molar-refractivity contribution in [3.8, 4) is 0 Å². The quantitative estimate of drug-likeness (QED) is 0.870. The van der Waals surface area contributed by atoms with Gasteiger partial charge < -0.3 is 5.32 Å². The highest BCUT2D eigenvalue weighted by molar-refractivity contribution is 9.10. The minimum absolute atomic E-state index is 0.0848. The van der Waals surface area contributed by atoms with E-state index in [9.17, 15) is 8.42 Å². The van der Waals surface area contributed by atoms with Crippen LogP contribution in [-0.4, -0.2) is 27.0 Å². The van der Waals surface area contributed by atoms with Crippen molar-refractivity contribution in [2.45, 2.75) is 26.3 Å². The summed E-state index contributed by atoms with van der Waals surface area (Å²) >= 11 is 3.51. The van der Waals surface area contributed by atoms with Crippen LogP contribution in [-0.2, 0) is 9.84 Å². The molecular formula is C13H20BrNO2S. The van der Waals surface area contributed by atoms with Gasteiger partial charge in [0.2, 0.25) is 0 Å². The molecule has 0 saturated carbocycles. The highest BCUT2D eigenvalue weighted by Crippen LogP contribution is 2.24. The SMILES string of the molecule is CCNC(CCS(C)(=O)=O)c1ccc(C)c(Br)c1. The molecule has 3 nitrogen and oxygen atoms in total. The monoisotopic (exact) mass is 333 g/mol. The van der Waals surface area contributed by atoms with E-state index in [1.54, 1.807) is 0 Å². The lowest BCUT2D eigenvalue weighted by Crippen LogP contribution is -2.23. The van der Waals surface area contributed by atoms with Gasteiger partial charge in [0.05, 0.1) is 5.75 Å². The van der Waals surface area contributed by atoms with Crippen LogP contribution in [0, 0.1) is 6.92 Å². The number of rotatable bonds is 6. The summed E-state index contributed by atoms with van der Waals surface area (Å²) in [5.74, 6) is 0.205. The highest BCUT2D eigenvalue weighted by Gasteiger charge is 2.14. The van der Waals surface area contributed by atoms with E-state index in [0.717, 1.165) is 16.6 Å². The maximum atomic E-state index is 11.3. The van der Waals surface area contributed by atoms with Gasteiger partial charge in [0.25, 0.3) is 0 Å². The molecule has 0 aliphatic heterocycles. The van der Waals surface area contributed by atoms with Crippen molar-refractivity contribution >= 4 is 25.8 Å². The van der Waals surface area contributed by atoms with E-state index in [-0.39, 0.29) is 11.8 Å². The molecule has 1 atom stereocenters.